The first kappa shape index (κ1) is 28.1. The fourth-order valence-corrected chi connectivity index (χ4v) is 5.52. The molecule has 7 nitrogen and oxygen atoms in total. The van der Waals surface area contributed by atoms with Gasteiger partial charge < -0.3 is 25.2 Å². The molecular weight excluding hydrogens is 476 g/mol. The molecule has 38 heavy (non-hydrogen) atoms. The van der Waals surface area contributed by atoms with Gasteiger partial charge in [0.25, 0.3) is 11.8 Å². The van der Waals surface area contributed by atoms with Crippen molar-refractivity contribution >= 4 is 17.5 Å². The highest BCUT2D eigenvalue weighted by atomic mass is 16.5. The Hall–Kier alpha value is -2.90. The number of piperidine rings is 1. The quantitative estimate of drug-likeness (QED) is 0.558. The Morgan fingerprint density at radius 1 is 1.00 bits per heavy atom. The van der Waals surface area contributed by atoms with Crippen LogP contribution in [0.5, 0.6) is 5.75 Å². The predicted molar refractivity (Wildman–Crippen MR) is 153 cm³/mol. The first-order valence-corrected chi connectivity index (χ1v) is 14.4. The zero-order chi connectivity index (χ0) is 26.6. The summed E-state index contributed by atoms with van der Waals surface area (Å²) in [5.74, 6) is 1.21. The Kier molecular flexibility index (Phi) is 11.0. The second kappa shape index (κ2) is 14.9. The van der Waals surface area contributed by atoms with E-state index in [1.165, 1.54) is 32.2 Å². The van der Waals surface area contributed by atoms with E-state index in [0.717, 1.165) is 50.0 Å². The molecule has 0 spiro atoms. The molecule has 2 aromatic carbocycles. The smallest absolute Gasteiger partial charge is 0.264 e. The van der Waals surface area contributed by atoms with E-state index in [1.54, 1.807) is 0 Å². The number of carbonyl (C=O) groups excluding carboxylic acids is 2. The molecule has 1 atom stereocenters. The van der Waals surface area contributed by atoms with E-state index in [-0.39, 0.29) is 18.4 Å². The van der Waals surface area contributed by atoms with Gasteiger partial charge in [-0.25, -0.2) is 0 Å². The van der Waals surface area contributed by atoms with E-state index in [0.29, 0.717) is 36.9 Å². The minimum atomic E-state index is -0.0678. The largest absolute Gasteiger partial charge is 0.484 e. The Labute approximate surface area is 227 Å². The number of likely N-dealkylation sites (tertiary alicyclic amines) is 1. The molecule has 0 bridgehead atoms. The molecule has 0 aromatic heterocycles. The summed E-state index contributed by atoms with van der Waals surface area (Å²) in [5.41, 5.74) is 2.48. The summed E-state index contributed by atoms with van der Waals surface area (Å²) in [4.78, 5) is 30.7. The number of nitrogens with one attached hydrogen (secondary N) is 2. The van der Waals surface area contributed by atoms with Gasteiger partial charge >= 0.3 is 0 Å². The molecular formula is C31H44N4O3. The van der Waals surface area contributed by atoms with Crippen molar-refractivity contribution in [3.8, 4) is 5.75 Å². The van der Waals surface area contributed by atoms with Crippen LogP contribution in [-0.2, 0) is 11.3 Å². The minimum absolute atomic E-state index is 0.0184. The van der Waals surface area contributed by atoms with E-state index in [2.05, 4.69) is 22.6 Å². The summed E-state index contributed by atoms with van der Waals surface area (Å²) in [6.45, 7) is 5.14. The summed E-state index contributed by atoms with van der Waals surface area (Å²) in [7, 11) is 2.17. The summed E-state index contributed by atoms with van der Waals surface area (Å²) < 4.78 is 5.80. The van der Waals surface area contributed by atoms with Crippen molar-refractivity contribution in [1.82, 2.24) is 15.5 Å². The van der Waals surface area contributed by atoms with Gasteiger partial charge in [0.2, 0.25) is 0 Å². The van der Waals surface area contributed by atoms with Crippen molar-refractivity contribution < 1.29 is 14.3 Å². The van der Waals surface area contributed by atoms with Crippen LogP contribution in [0.25, 0.3) is 0 Å². The van der Waals surface area contributed by atoms with Gasteiger partial charge in [0, 0.05) is 37.4 Å². The van der Waals surface area contributed by atoms with Crippen molar-refractivity contribution in [3.63, 3.8) is 0 Å². The summed E-state index contributed by atoms with van der Waals surface area (Å²) >= 11 is 0. The fraction of sp³-hybridized carbons (Fsp3) is 0.548. The third kappa shape index (κ3) is 8.57. The molecule has 206 valence electrons. The highest BCUT2D eigenvalue weighted by Crippen LogP contribution is 2.25. The van der Waals surface area contributed by atoms with Crippen LogP contribution in [0.4, 0.5) is 5.69 Å². The van der Waals surface area contributed by atoms with Crippen LogP contribution in [0.3, 0.4) is 0 Å². The average molecular weight is 521 g/mol. The van der Waals surface area contributed by atoms with E-state index in [9.17, 15) is 9.59 Å². The molecule has 0 aliphatic carbocycles. The fourth-order valence-electron chi connectivity index (χ4n) is 5.52. The SMILES string of the molecule is CN1CCCC(CCNC(=O)c2ccc3c(c2)CNCCCCCCCN3C(=O)COc2ccccc2)C1. The maximum absolute atomic E-state index is 13.4. The molecule has 7 heteroatoms. The van der Waals surface area contributed by atoms with Gasteiger partial charge in [0.1, 0.15) is 5.75 Å². The molecule has 1 saturated heterocycles. The van der Waals surface area contributed by atoms with Gasteiger partial charge in [-0.1, -0.05) is 37.5 Å². The molecule has 2 aliphatic heterocycles. The lowest BCUT2D eigenvalue weighted by molar-refractivity contribution is -0.120. The molecule has 1 unspecified atom stereocenters. The summed E-state index contributed by atoms with van der Waals surface area (Å²) in [6.07, 6.45) is 9.02. The van der Waals surface area contributed by atoms with Crippen molar-refractivity contribution in [2.24, 2.45) is 5.92 Å². The summed E-state index contributed by atoms with van der Waals surface area (Å²) in [6, 6.07) is 15.2. The van der Waals surface area contributed by atoms with Gasteiger partial charge in [-0.15, -0.1) is 0 Å². The monoisotopic (exact) mass is 520 g/mol. The normalized spacial score (nSPS) is 19.5. The van der Waals surface area contributed by atoms with Crippen LogP contribution in [0, 0.1) is 5.92 Å². The van der Waals surface area contributed by atoms with Gasteiger partial charge in [-0.3, -0.25) is 9.59 Å². The van der Waals surface area contributed by atoms with E-state index in [4.69, 9.17) is 4.74 Å². The highest BCUT2D eigenvalue weighted by molar-refractivity contribution is 5.98. The Morgan fingerprint density at radius 2 is 1.82 bits per heavy atom. The topological polar surface area (TPSA) is 73.9 Å². The number of benzene rings is 2. The Morgan fingerprint density at radius 3 is 2.66 bits per heavy atom. The molecule has 2 aliphatic rings. The van der Waals surface area contributed by atoms with Gasteiger partial charge in [-0.05, 0) is 94.1 Å². The van der Waals surface area contributed by atoms with Crippen LogP contribution in [0.15, 0.2) is 48.5 Å². The molecule has 4 rings (SSSR count). The van der Waals surface area contributed by atoms with Crippen molar-refractivity contribution in [2.45, 2.75) is 57.9 Å². The van der Waals surface area contributed by atoms with E-state index in [1.807, 2.05) is 53.4 Å². The highest BCUT2D eigenvalue weighted by Gasteiger charge is 2.22. The molecule has 1 fully saturated rings. The van der Waals surface area contributed by atoms with Crippen LogP contribution in [0.1, 0.15) is 67.3 Å². The molecule has 2 N–H and O–H groups in total. The second-order valence-electron chi connectivity index (χ2n) is 10.8. The lowest BCUT2D eigenvalue weighted by Gasteiger charge is -2.29. The Balaban J connectivity index is 1.45. The lowest BCUT2D eigenvalue weighted by atomic mass is 9.95. The number of amides is 2. The first-order chi connectivity index (χ1) is 18.6. The molecule has 0 radical (unpaired) electrons. The van der Waals surface area contributed by atoms with Gasteiger partial charge in [0.05, 0.1) is 0 Å². The number of rotatable bonds is 7. The van der Waals surface area contributed by atoms with Crippen molar-refractivity contribution in [3.05, 3.63) is 59.7 Å². The standard InChI is InChI=1S/C31H44N4O3/c1-34-19-10-11-25(23-34)16-18-33-31(37)26-14-15-29-27(21-26)22-32-17-8-3-2-4-9-20-35(29)30(36)24-38-28-12-6-5-7-13-28/h5-7,12-15,21,25,32H,2-4,8-11,16-20,22-24H2,1H3,(H,33,37). The van der Waals surface area contributed by atoms with E-state index < -0.39 is 0 Å². The molecule has 2 amide bonds. The van der Waals surface area contributed by atoms with Crippen LogP contribution >= 0.6 is 0 Å². The number of hydrogen-bond acceptors (Lipinski definition) is 5. The van der Waals surface area contributed by atoms with Crippen LogP contribution in [0.2, 0.25) is 0 Å². The lowest BCUT2D eigenvalue weighted by Crippen LogP contribution is -2.37. The summed E-state index contributed by atoms with van der Waals surface area (Å²) in [5, 5.41) is 6.66. The first-order valence-electron chi connectivity index (χ1n) is 14.4. The molecule has 2 aromatic rings. The minimum Gasteiger partial charge on any atom is -0.484 e. The third-order valence-electron chi connectivity index (χ3n) is 7.65. The zero-order valence-corrected chi connectivity index (χ0v) is 22.9. The number of hydrogen-bond donors (Lipinski definition) is 2. The molecule has 0 saturated carbocycles. The van der Waals surface area contributed by atoms with Gasteiger partial charge in [0.15, 0.2) is 6.61 Å². The maximum atomic E-state index is 13.4. The number of anilines is 1. The number of nitrogens with zero attached hydrogens (tertiary/aromatic N) is 2. The number of para-hydroxylation sites is 1. The van der Waals surface area contributed by atoms with Crippen LogP contribution in [-0.4, -0.2) is 63.1 Å². The predicted octanol–water partition coefficient (Wildman–Crippen LogP) is 4.61. The second-order valence-corrected chi connectivity index (χ2v) is 10.8. The zero-order valence-electron chi connectivity index (χ0n) is 22.9. The Bertz CT molecular complexity index is 1030. The number of carbonyl (C=O) groups is 2. The van der Waals surface area contributed by atoms with Crippen molar-refractivity contribution in [2.75, 3.05) is 51.3 Å². The third-order valence-corrected chi connectivity index (χ3v) is 7.65. The number of ether oxygens (including phenoxy) is 1. The van der Waals surface area contributed by atoms with E-state index >= 15 is 0 Å². The average Bonchev–Trinajstić information content (AvgIpc) is 2.92. The van der Waals surface area contributed by atoms with Crippen molar-refractivity contribution in [1.29, 1.82) is 0 Å². The number of fused-ring (bicyclic) bond motifs is 1. The van der Waals surface area contributed by atoms with Gasteiger partial charge in [-0.2, -0.15) is 0 Å². The van der Waals surface area contributed by atoms with Crippen LogP contribution < -0.4 is 20.3 Å². The maximum Gasteiger partial charge on any atom is 0.264 e. The molecule has 2 heterocycles.